The molecule has 1 rings (SSSR count). The molecule has 1 aliphatic rings. The number of aliphatic hydroxyl groups excluding tert-OH is 1. The van der Waals surface area contributed by atoms with Gasteiger partial charge in [-0.3, -0.25) is 0 Å². The highest BCUT2D eigenvalue weighted by Crippen LogP contribution is 2.08. The molecule has 0 aromatic carbocycles. The first-order valence-corrected chi connectivity index (χ1v) is 4.33. The SMILES string of the molecule is CC.OC1CNCCCC1F. The topological polar surface area (TPSA) is 32.3 Å². The summed E-state index contributed by atoms with van der Waals surface area (Å²) in [5, 5.41) is 11.9. The van der Waals surface area contributed by atoms with Gasteiger partial charge in [0.2, 0.25) is 0 Å². The van der Waals surface area contributed by atoms with Gasteiger partial charge in [0.25, 0.3) is 0 Å². The van der Waals surface area contributed by atoms with Gasteiger partial charge in [0, 0.05) is 6.54 Å². The molecule has 1 heterocycles. The van der Waals surface area contributed by atoms with Crippen molar-refractivity contribution in [3.8, 4) is 0 Å². The van der Waals surface area contributed by atoms with E-state index in [1.807, 2.05) is 13.8 Å². The van der Waals surface area contributed by atoms with Gasteiger partial charge in [-0.1, -0.05) is 13.8 Å². The summed E-state index contributed by atoms with van der Waals surface area (Å²) in [6, 6.07) is 0. The summed E-state index contributed by atoms with van der Waals surface area (Å²) in [5.74, 6) is 0. The maximum atomic E-state index is 12.5. The largest absolute Gasteiger partial charge is 0.389 e. The Morgan fingerprint density at radius 3 is 2.73 bits per heavy atom. The van der Waals surface area contributed by atoms with E-state index >= 15 is 0 Å². The minimum atomic E-state index is -1.01. The number of alkyl halides is 1. The van der Waals surface area contributed by atoms with Crippen LogP contribution in [0, 0.1) is 0 Å². The molecule has 3 heteroatoms. The summed E-state index contributed by atoms with van der Waals surface area (Å²) in [5.41, 5.74) is 0. The minimum absolute atomic E-state index is 0.404. The molecule has 11 heavy (non-hydrogen) atoms. The highest BCUT2D eigenvalue weighted by Gasteiger charge is 2.19. The molecule has 2 atom stereocenters. The molecule has 68 valence electrons. The van der Waals surface area contributed by atoms with Crippen molar-refractivity contribution in [2.24, 2.45) is 0 Å². The van der Waals surface area contributed by atoms with E-state index in [0.717, 1.165) is 13.0 Å². The Hall–Kier alpha value is -0.150. The number of nitrogens with one attached hydrogen (secondary N) is 1. The highest BCUT2D eigenvalue weighted by atomic mass is 19.1. The van der Waals surface area contributed by atoms with Gasteiger partial charge in [0.15, 0.2) is 0 Å². The van der Waals surface area contributed by atoms with Gasteiger partial charge in [-0.15, -0.1) is 0 Å². The predicted octanol–water partition coefficient (Wildman–Crippen LogP) is 1.09. The zero-order chi connectivity index (χ0) is 8.69. The molecule has 1 fully saturated rings. The Balaban J connectivity index is 0.000000461. The molecular formula is C8H18FNO. The van der Waals surface area contributed by atoms with Crippen molar-refractivity contribution in [3.63, 3.8) is 0 Å². The Morgan fingerprint density at radius 2 is 2.09 bits per heavy atom. The number of rotatable bonds is 0. The molecule has 2 unspecified atom stereocenters. The molecule has 2 nitrogen and oxygen atoms in total. The van der Waals surface area contributed by atoms with Crippen LogP contribution in [0.15, 0.2) is 0 Å². The van der Waals surface area contributed by atoms with E-state index < -0.39 is 12.3 Å². The van der Waals surface area contributed by atoms with Crippen molar-refractivity contribution in [1.29, 1.82) is 0 Å². The van der Waals surface area contributed by atoms with E-state index in [1.165, 1.54) is 0 Å². The lowest BCUT2D eigenvalue weighted by molar-refractivity contribution is 0.0813. The second-order valence-corrected chi connectivity index (χ2v) is 2.43. The van der Waals surface area contributed by atoms with Crippen LogP contribution >= 0.6 is 0 Å². The fraction of sp³-hybridized carbons (Fsp3) is 1.00. The van der Waals surface area contributed by atoms with Crippen LogP contribution in [0.5, 0.6) is 0 Å². The first-order chi connectivity index (χ1) is 5.30. The monoisotopic (exact) mass is 163 g/mol. The third-order valence-corrected chi connectivity index (χ3v) is 1.60. The van der Waals surface area contributed by atoms with Crippen molar-refractivity contribution in [2.75, 3.05) is 13.1 Å². The van der Waals surface area contributed by atoms with Crippen LogP contribution in [0.2, 0.25) is 0 Å². The average molecular weight is 163 g/mol. The van der Waals surface area contributed by atoms with Gasteiger partial charge in [0.1, 0.15) is 6.17 Å². The van der Waals surface area contributed by atoms with E-state index in [4.69, 9.17) is 5.11 Å². The van der Waals surface area contributed by atoms with Gasteiger partial charge in [0.05, 0.1) is 6.10 Å². The molecule has 0 spiro atoms. The fourth-order valence-electron chi connectivity index (χ4n) is 0.992. The maximum Gasteiger partial charge on any atom is 0.127 e. The van der Waals surface area contributed by atoms with Gasteiger partial charge in [-0.05, 0) is 19.4 Å². The van der Waals surface area contributed by atoms with Crippen molar-refractivity contribution in [1.82, 2.24) is 5.32 Å². The molecule has 0 aliphatic carbocycles. The molecule has 2 N–H and O–H groups in total. The molecule has 0 aromatic heterocycles. The lowest BCUT2D eigenvalue weighted by Gasteiger charge is -2.09. The molecule has 1 aliphatic heterocycles. The van der Waals surface area contributed by atoms with Crippen LogP contribution in [0.4, 0.5) is 4.39 Å². The standard InChI is InChI=1S/C6H12FNO.C2H6/c7-5-2-1-3-8-4-6(5)9;1-2/h5-6,8-9H,1-4H2;1-2H3. The van der Waals surface area contributed by atoms with Gasteiger partial charge in [-0.2, -0.15) is 0 Å². The van der Waals surface area contributed by atoms with Gasteiger partial charge in [-0.25, -0.2) is 4.39 Å². The molecule has 0 amide bonds. The first-order valence-electron chi connectivity index (χ1n) is 4.33. The fourth-order valence-corrected chi connectivity index (χ4v) is 0.992. The Labute approximate surface area is 67.8 Å². The summed E-state index contributed by atoms with van der Waals surface area (Å²) in [6.07, 6.45) is -0.473. The lowest BCUT2D eigenvalue weighted by atomic mass is 10.1. The number of halogens is 1. The van der Waals surface area contributed by atoms with Crippen LogP contribution in [0.25, 0.3) is 0 Å². The van der Waals surface area contributed by atoms with Crippen LogP contribution in [0.1, 0.15) is 26.7 Å². The van der Waals surface area contributed by atoms with Crippen LogP contribution in [-0.4, -0.2) is 30.5 Å². The Bertz CT molecular complexity index is 80.2. The Kier molecular flexibility index (Phi) is 6.46. The van der Waals surface area contributed by atoms with Crippen molar-refractivity contribution >= 4 is 0 Å². The summed E-state index contributed by atoms with van der Waals surface area (Å²) in [7, 11) is 0. The van der Waals surface area contributed by atoms with Crippen molar-refractivity contribution in [2.45, 2.75) is 39.0 Å². The van der Waals surface area contributed by atoms with Gasteiger partial charge >= 0.3 is 0 Å². The molecule has 0 saturated carbocycles. The second kappa shape index (κ2) is 6.55. The van der Waals surface area contributed by atoms with Crippen LogP contribution in [0.3, 0.4) is 0 Å². The zero-order valence-electron chi connectivity index (χ0n) is 7.31. The molecule has 0 radical (unpaired) electrons. The second-order valence-electron chi connectivity index (χ2n) is 2.43. The number of hydrogen-bond acceptors (Lipinski definition) is 2. The lowest BCUT2D eigenvalue weighted by Crippen LogP contribution is -2.30. The molecular weight excluding hydrogens is 145 g/mol. The predicted molar refractivity (Wildman–Crippen MR) is 44.4 cm³/mol. The van der Waals surface area contributed by atoms with E-state index in [-0.39, 0.29) is 0 Å². The van der Waals surface area contributed by atoms with Crippen molar-refractivity contribution in [3.05, 3.63) is 0 Å². The first kappa shape index (κ1) is 10.8. The smallest absolute Gasteiger partial charge is 0.127 e. The number of β-amino-alcohol motifs (C(OH)–C–C–N with tert-alkyl or cyclic N) is 1. The summed E-state index contributed by atoms with van der Waals surface area (Å²) in [6.45, 7) is 5.23. The van der Waals surface area contributed by atoms with Gasteiger partial charge < -0.3 is 10.4 Å². The third kappa shape index (κ3) is 4.32. The quantitative estimate of drug-likeness (QED) is 0.560. The maximum absolute atomic E-state index is 12.5. The van der Waals surface area contributed by atoms with E-state index in [0.29, 0.717) is 13.0 Å². The Morgan fingerprint density at radius 1 is 1.45 bits per heavy atom. The average Bonchev–Trinajstić information content (AvgIpc) is 2.22. The summed E-state index contributed by atoms with van der Waals surface area (Å²) >= 11 is 0. The highest BCUT2D eigenvalue weighted by molar-refractivity contribution is 4.73. The van der Waals surface area contributed by atoms with Crippen molar-refractivity contribution < 1.29 is 9.50 Å². The number of hydrogen-bond donors (Lipinski definition) is 2. The normalized spacial score (nSPS) is 31.6. The third-order valence-electron chi connectivity index (χ3n) is 1.60. The number of aliphatic hydroxyl groups is 1. The van der Waals surface area contributed by atoms with E-state index in [9.17, 15) is 4.39 Å². The van der Waals surface area contributed by atoms with Crippen LogP contribution in [-0.2, 0) is 0 Å². The van der Waals surface area contributed by atoms with E-state index in [1.54, 1.807) is 0 Å². The summed E-state index contributed by atoms with van der Waals surface area (Å²) < 4.78 is 12.5. The summed E-state index contributed by atoms with van der Waals surface area (Å²) in [4.78, 5) is 0. The molecule has 0 bridgehead atoms. The molecule has 0 aromatic rings. The minimum Gasteiger partial charge on any atom is -0.389 e. The molecule has 1 saturated heterocycles. The van der Waals surface area contributed by atoms with E-state index in [2.05, 4.69) is 5.32 Å². The zero-order valence-corrected chi connectivity index (χ0v) is 7.31. The van der Waals surface area contributed by atoms with Crippen LogP contribution < -0.4 is 5.32 Å².